The number of carbonyl (C=O) groups excluding carboxylic acids is 1. The minimum atomic E-state index is -0.207. The van der Waals surface area contributed by atoms with E-state index in [-0.39, 0.29) is 11.7 Å². The smallest absolute Gasteiger partial charge is 0.294 e. The van der Waals surface area contributed by atoms with Gasteiger partial charge in [0.25, 0.3) is 5.91 Å². The van der Waals surface area contributed by atoms with Crippen molar-refractivity contribution < 1.29 is 13.9 Å². The second kappa shape index (κ2) is 6.10. The van der Waals surface area contributed by atoms with Crippen LogP contribution in [0.4, 0.5) is 10.8 Å². The van der Waals surface area contributed by atoms with Crippen LogP contribution in [0.3, 0.4) is 0 Å². The van der Waals surface area contributed by atoms with Crippen LogP contribution in [0.15, 0.2) is 52.2 Å². The molecule has 6 nitrogen and oxygen atoms in total. The van der Waals surface area contributed by atoms with Crippen LogP contribution in [-0.4, -0.2) is 17.4 Å². The van der Waals surface area contributed by atoms with Gasteiger partial charge in [-0.3, -0.25) is 4.79 Å². The van der Waals surface area contributed by atoms with Crippen LogP contribution >= 0.6 is 11.3 Å². The maximum atomic E-state index is 12.8. The highest BCUT2D eigenvalue weighted by atomic mass is 32.1. The topological polar surface area (TPSA) is 81.6 Å². The molecule has 4 rings (SSSR count). The van der Waals surface area contributed by atoms with Gasteiger partial charge < -0.3 is 19.8 Å². The molecule has 1 aromatic carbocycles. The summed E-state index contributed by atoms with van der Waals surface area (Å²) in [5, 5.41) is 2.40. The van der Waals surface area contributed by atoms with Gasteiger partial charge in [-0.05, 0) is 37.3 Å². The van der Waals surface area contributed by atoms with E-state index in [1.165, 1.54) is 11.3 Å². The summed E-state index contributed by atoms with van der Waals surface area (Å²) >= 11 is 1.38. The molecule has 126 valence electrons. The minimum absolute atomic E-state index is 0.207. The summed E-state index contributed by atoms with van der Waals surface area (Å²) in [6.45, 7) is 2.44. The minimum Gasteiger partial charge on any atom is -0.465 e. The molecule has 7 heteroatoms. The van der Waals surface area contributed by atoms with Crippen molar-refractivity contribution >= 4 is 34.1 Å². The molecule has 3 heterocycles. The fourth-order valence-corrected chi connectivity index (χ4v) is 3.28. The van der Waals surface area contributed by atoms with E-state index in [9.17, 15) is 4.79 Å². The van der Waals surface area contributed by atoms with E-state index in [0.29, 0.717) is 28.9 Å². The molecule has 2 aromatic heterocycles. The lowest BCUT2D eigenvalue weighted by molar-refractivity contribution is -0.117. The van der Waals surface area contributed by atoms with Gasteiger partial charge in [-0.1, -0.05) is 0 Å². The summed E-state index contributed by atoms with van der Waals surface area (Å²) in [4.78, 5) is 18.7. The lowest BCUT2D eigenvalue weighted by atomic mass is 10.1. The molecule has 0 radical (unpaired) electrons. The van der Waals surface area contributed by atoms with Crippen LogP contribution in [0.25, 0.3) is 17.3 Å². The second-order valence-corrected chi connectivity index (χ2v) is 6.32. The van der Waals surface area contributed by atoms with Gasteiger partial charge in [0, 0.05) is 23.6 Å². The summed E-state index contributed by atoms with van der Waals surface area (Å²) in [7, 11) is 0. The zero-order valence-corrected chi connectivity index (χ0v) is 14.2. The summed E-state index contributed by atoms with van der Waals surface area (Å²) in [6, 6.07) is 9.17. The average Bonchev–Trinajstić information content (AvgIpc) is 3.27. The van der Waals surface area contributed by atoms with Crippen molar-refractivity contribution in [2.24, 2.45) is 0 Å². The van der Waals surface area contributed by atoms with Gasteiger partial charge in [-0.25, -0.2) is 4.98 Å². The number of ether oxygens (including phenoxy) is 1. The predicted molar refractivity (Wildman–Crippen MR) is 97.3 cm³/mol. The van der Waals surface area contributed by atoms with Crippen LogP contribution < -0.4 is 15.4 Å². The van der Waals surface area contributed by atoms with Crippen molar-refractivity contribution in [2.45, 2.75) is 6.92 Å². The number of nitrogens with zero attached hydrogens (tertiary/aromatic N) is 2. The van der Waals surface area contributed by atoms with Crippen molar-refractivity contribution in [3.63, 3.8) is 0 Å². The number of carbonyl (C=O) groups is 1. The Bertz CT molecular complexity index is 960. The first-order valence-electron chi connectivity index (χ1n) is 7.76. The highest BCUT2D eigenvalue weighted by molar-refractivity contribution is 7.13. The standard InChI is InChI=1S/C18H15N3O3S/c1-2-21-14-8-11(13-10-25-18(19)20-13)5-6-15(14)24-16(17(21)22)9-12-4-3-7-23-12/h3-10H,2H2,1H3,(H2,19,20)/b16-9+. The number of rotatable bonds is 3. The normalized spacial score (nSPS) is 15.3. The van der Waals surface area contributed by atoms with Crippen molar-refractivity contribution in [3.05, 3.63) is 53.5 Å². The number of likely N-dealkylation sites (N-methyl/N-ethyl adjacent to an activating group) is 1. The molecule has 0 spiro atoms. The summed E-state index contributed by atoms with van der Waals surface area (Å²) in [6.07, 6.45) is 3.15. The van der Waals surface area contributed by atoms with Gasteiger partial charge in [0.15, 0.2) is 16.6 Å². The van der Waals surface area contributed by atoms with E-state index in [0.717, 1.165) is 11.3 Å². The van der Waals surface area contributed by atoms with Crippen molar-refractivity contribution in [3.8, 4) is 17.0 Å². The molecule has 0 unspecified atom stereocenters. The van der Waals surface area contributed by atoms with E-state index in [4.69, 9.17) is 14.9 Å². The predicted octanol–water partition coefficient (Wildman–Crippen LogP) is 3.77. The number of anilines is 2. The number of benzene rings is 1. The number of hydrogen-bond donors (Lipinski definition) is 1. The Labute approximate surface area is 148 Å². The van der Waals surface area contributed by atoms with Crippen molar-refractivity contribution in [1.29, 1.82) is 0 Å². The zero-order valence-electron chi connectivity index (χ0n) is 13.4. The van der Waals surface area contributed by atoms with Crippen LogP contribution in [0.5, 0.6) is 5.75 Å². The molecule has 2 N–H and O–H groups in total. The first kappa shape index (κ1) is 15.5. The number of hydrogen-bond acceptors (Lipinski definition) is 6. The Morgan fingerprint density at radius 3 is 2.92 bits per heavy atom. The molecule has 0 aliphatic carbocycles. The Hall–Kier alpha value is -3.06. The van der Waals surface area contributed by atoms with Gasteiger partial charge in [0.1, 0.15) is 5.76 Å². The van der Waals surface area contributed by atoms with Gasteiger partial charge in [-0.2, -0.15) is 0 Å². The third-order valence-corrected chi connectivity index (χ3v) is 4.55. The number of nitrogen functional groups attached to an aromatic ring is 1. The number of amides is 1. The van der Waals surface area contributed by atoms with Gasteiger partial charge in [-0.15, -0.1) is 11.3 Å². The fraction of sp³-hybridized carbons (Fsp3) is 0.111. The Morgan fingerprint density at radius 1 is 1.36 bits per heavy atom. The maximum absolute atomic E-state index is 12.8. The highest BCUT2D eigenvalue weighted by Gasteiger charge is 2.30. The number of fused-ring (bicyclic) bond motifs is 1. The maximum Gasteiger partial charge on any atom is 0.294 e. The van der Waals surface area contributed by atoms with Crippen molar-refractivity contribution in [1.82, 2.24) is 4.98 Å². The van der Waals surface area contributed by atoms with E-state index >= 15 is 0 Å². The summed E-state index contributed by atoms with van der Waals surface area (Å²) in [5.41, 5.74) is 8.10. The molecule has 0 saturated heterocycles. The van der Waals surface area contributed by atoms with Gasteiger partial charge >= 0.3 is 0 Å². The number of aromatic nitrogens is 1. The Balaban J connectivity index is 1.76. The SMILES string of the molecule is CCN1C(=O)/C(=C\c2ccco2)Oc2ccc(-c3csc(N)n3)cc21. The molecule has 25 heavy (non-hydrogen) atoms. The molecule has 0 saturated carbocycles. The first-order valence-corrected chi connectivity index (χ1v) is 8.64. The van der Waals surface area contributed by atoms with Crippen molar-refractivity contribution in [2.75, 3.05) is 17.2 Å². The van der Waals surface area contributed by atoms with Crippen LogP contribution in [0.2, 0.25) is 0 Å². The van der Waals surface area contributed by atoms with Crippen LogP contribution in [0.1, 0.15) is 12.7 Å². The molecule has 1 aliphatic heterocycles. The van der Waals surface area contributed by atoms with Gasteiger partial charge in [0.05, 0.1) is 17.6 Å². The molecular formula is C18H15N3O3S. The molecule has 3 aromatic rings. The number of nitrogens with two attached hydrogens (primary N) is 1. The Kier molecular flexibility index (Phi) is 3.77. The average molecular weight is 353 g/mol. The number of furan rings is 1. The molecular weight excluding hydrogens is 338 g/mol. The zero-order chi connectivity index (χ0) is 17.4. The molecule has 0 fully saturated rings. The number of thiazole rings is 1. The lowest BCUT2D eigenvalue weighted by Crippen LogP contribution is -2.37. The lowest BCUT2D eigenvalue weighted by Gasteiger charge is -2.29. The van der Waals surface area contributed by atoms with Crippen LogP contribution in [-0.2, 0) is 4.79 Å². The monoisotopic (exact) mass is 353 g/mol. The van der Waals surface area contributed by atoms with E-state index in [1.54, 1.807) is 29.4 Å². The van der Waals surface area contributed by atoms with E-state index in [2.05, 4.69) is 4.98 Å². The van der Waals surface area contributed by atoms with Gasteiger partial charge in [0.2, 0.25) is 0 Å². The second-order valence-electron chi connectivity index (χ2n) is 5.43. The molecule has 1 aliphatic rings. The summed E-state index contributed by atoms with van der Waals surface area (Å²) in [5.74, 6) is 1.21. The first-order chi connectivity index (χ1) is 12.2. The molecule has 0 bridgehead atoms. The van der Waals surface area contributed by atoms with E-state index < -0.39 is 0 Å². The van der Waals surface area contributed by atoms with E-state index in [1.807, 2.05) is 30.5 Å². The largest absolute Gasteiger partial charge is 0.465 e. The molecule has 1 amide bonds. The Morgan fingerprint density at radius 2 is 2.24 bits per heavy atom. The quantitative estimate of drug-likeness (QED) is 0.725. The third-order valence-electron chi connectivity index (χ3n) is 3.88. The molecule has 0 atom stereocenters. The highest BCUT2D eigenvalue weighted by Crippen LogP contribution is 2.39. The summed E-state index contributed by atoms with van der Waals surface area (Å²) < 4.78 is 11.1. The van der Waals surface area contributed by atoms with Crippen LogP contribution in [0, 0.1) is 0 Å². The fourth-order valence-electron chi connectivity index (χ4n) is 2.71. The third kappa shape index (κ3) is 2.78.